The van der Waals surface area contributed by atoms with Crippen molar-refractivity contribution in [1.29, 1.82) is 0 Å². The number of Topliss-reactive ketones (excluding diaryl/α,β-unsaturated/α-hetero) is 1. The van der Waals surface area contributed by atoms with Gasteiger partial charge in [0.05, 0.1) is 5.56 Å². The maximum atomic E-state index is 13.3. The Balaban J connectivity index is 2.06. The van der Waals surface area contributed by atoms with Crippen LogP contribution in [0.25, 0.3) is 0 Å². The lowest BCUT2D eigenvalue weighted by Crippen LogP contribution is -2.05. The Labute approximate surface area is 103 Å². The van der Waals surface area contributed by atoms with Crippen molar-refractivity contribution in [1.82, 2.24) is 4.98 Å². The molecule has 0 N–H and O–H groups in total. The van der Waals surface area contributed by atoms with Crippen molar-refractivity contribution in [2.75, 3.05) is 0 Å². The van der Waals surface area contributed by atoms with Gasteiger partial charge in [0.2, 0.25) is 0 Å². The molecule has 18 heavy (non-hydrogen) atoms. The summed E-state index contributed by atoms with van der Waals surface area (Å²) in [5.41, 5.74) is 0.550. The Morgan fingerprint density at radius 1 is 1.17 bits per heavy atom. The molecule has 2 nitrogen and oxygen atoms in total. The molecule has 1 aromatic heterocycles. The molecule has 0 radical (unpaired) electrons. The fourth-order valence-corrected chi connectivity index (χ4v) is 1.63. The fraction of sp³-hybridized carbons (Fsp3) is 0.143. The van der Waals surface area contributed by atoms with Crippen LogP contribution in [0.4, 0.5) is 8.78 Å². The second-order valence-corrected chi connectivity index (χ2v) is 3.87. The van der Waals surface area contributed by atoms with Crippen LogP contribution in [0.15, 0.2) is 42.6 Å². The third-order valence-corrected chi connectivity index (χ3v) is 2.56. The predicted octanol–water partition coefficient (Wildman–Crippen LogP) is 3.18. The van der Waals surface area contributed by atoms with Crippen molar-refractivity contribution in [3.05, 3.63) is 65.5 Å². The monoisotopic (exact) mass is 247 g/mol. The summed E-state index contributed by atoms with van der Waals surface area (Å²) in [5, 5.41) is 0. The number of pyridine rings is 1. The molecule has 4 heteroatoms. The average molecular weight is 247 g/mol. The molecule has 0 aliphatic carbocycles. The van der Waals surface area contributed by atoms with Crippen molar-refractivity contribution in [3.8, 4) is 0 Å². The molecule has 0 bridgehead atoms. The van der Waals surface area contributed by atoms with Crippen LogP contribution in [0.2, 0.25) is 0 Å². The van der Waals surface area contributed by atoms with Gasteiger partial charge in [-0.05, 0) is 36.8 Å². The van der Waals surface area contributed by atoms with E-state index >= 15 is 0 Å². The number of rotatable bonds is 4. The van der Waals surface area contributed by atoms with Crippen LogP contribution in [-0.2, 0) is 6.42 Å². The van der Waals surface area contributed by atoms with Gasteiger partial charge >= 0.3 is 0 Å². The Morgan fingerprint density at radius 2 is 2.00 bits per heavy atom. The van der Waals surface area contributed by atoms with Crippen LogP contribution < -0.4 is 0 Å². The highest BCUT2D eigenvalue weighted by atomic mass is 19.1. The molecule has 0 fully saturated rings. The number of carbonyl (C=O) groups is 1. The van der Waals surface area contributed by atoms with Crippen molar-refractivity contribution in [3.63, 3.8) is 0 Å². The highest BCUT2D eigenvalue weighted by Gasteiger charge is 2.12. The van der Waals surface area contributed by atoms with Crippen LogP contribution in [0.1, 0.15) is 22.5 Å². The molecule has 92 valence electrons. The molecule has 0 aliphatic heterocycles. The molecule has 0 amide bonds. The lowest BCUT2D eigenvalue weighted by Gasteiger charge is -2.03. The Kier molecular flexibility index (Phi) is 3.77. The number of hydrogen-bond acceptors (Lipinski definition) is 2. The largest absolute Gasteiger partial charge is 0.294 e. The van der Waals surface area contributed by atoms with Gasteiger partial charge in [0, 0.05) is 18.3 Å². The number of ketones is 1. The van der Waals surface area contributed by atoms with Crippen LogP contribution in [0.5, 0.6) is 0 Å². The van der Waals surface area contributed by atoms with E-state index in [-0.39, 0.29) is 12.0 Å². The van der Waals surface area contributed by atoms with E-state index in [4.69, 9.17) is 0 Å². The van der Waals surface area contributed by atoms with E-state index in [1.54, 1.807) is 18.3 Å². The average Bonchev–Trinajstić information content (AvgIpc) is 2.40. The van der Waals surface area contributed by atoms with E-state index in [1.807, 2.05) is 6.07 Å². The minimum Gasteiger partial charge on any atom is -0.294 e. The molecule has 0 spiro atoms. The normalized spacial score (nSPS) is 10.3. The highest BCUT2D eigenvalue weighted by Crippen LogP contribution is 2.13. The standard InChI is InChI=1S/C14H11F2NO/c15-10-4-6-13(16)12(9-10)14(18)7-5-11-3-1-2-8-17-11/h1-4,6,8-9H,5,7H2. The number of aromatic nitrogens is 1. The molecule has 1 aromatic carbocycles. The van der Waals surface area contributed by atoms with Gasteiger partial charge in [0.25, 0.3) is 0 Å². The van der Waals surface area contributed by atoms with Crippen LogP contribution in [0, 0.1) is 11.6 Å². The van der Waals surface area contributed by atoms with Gasteiger partial charge in [-0.2, -0.15) is 0 Å². The van der Waals surface area contributed by atoms with Gasteiger partial charge in [0.1, 0.15) is 11.6 Å². The summed E-state index contributed by atoms with van der Waals surface area (Å²) in [7, 11) is 0. The predicted molar refractivity (Wildman–Crippen MR) is 63.2 cm³/mol. The van der Waals surface area contributed by atoms with E-state index in [1.165, 1.54) is 0 Å². The van der Waals surface area contributed by atoms with E-state index < -0.39 is 17.4 Å². The summed E-state index contributed by atoms with van der Waals surface area (Å²) in [4.78, 5) is 15.8. The Hall–Kier alpha value is -2.10. The first-order valence-electron chi connectivity index (χ1n) is 5.55. The summed E-state index contributed by atoms with van der Waals surface area (Å²) < 4.78 is 26.3. The van der Waals surface area contributed by atoms with Crippen LogP contribution in [-0.4, -0.2) is 10.8 Å². The maximum absolute atomic E-state index is 13.3. The lowest BCUT2D eigenvalue weighted by molar-refractivity contribution is 0.0978. The van der Waals surface area contributed by atoms with Crippen molar-refractivity contribution < 1.29 is 13.6 Å². The first-order valence-corrected chi connectivity index (χ1v) is 5.55. The molecule has 2 rings (SSSR count). The summed E-state index contributed by atoms with van der Waals surface area (Å²) >= 11 is 0. The Bertz CT molecular complexity index is 555. The SMILES string of the molecule is O=C(CCc1ccccn1)c1cc(F)ccc1F. The second kappa shape index (κ2) is 5.49. The van der Waals surface area contributed by atoms with Crippen molar-refractivity contribution in [2.24, 2.45) is 0 Å². The summed E-state index contributed by atoms with van der Waals surface area (Å²) in [6, 6.07) is 8.26. The summed E-state index contributed by atoms with van der Waals surface area (Å²) in [6.45, 7) is 0. The van der Waals surface area contributed by atoms with E-state index in [0.29, 0.717) is 6.42 Å². The first kappa shape index (κ1) is 12.4. The van der Waals surface area contributed by atoms with Crippen molar-refractivity contribution in [2.45, 2.75) is 12.8 Å². The topological polar surface area (TPSA) is 30.0 Å². The minimum absolute atomic E-state index is 0.109. The molecule has 1 heterocycles. The third kappa shape index (κ3) is 2.97. The van der Waals surface area contributed by atoms with Gasteiger partial charge in [-0.1, -0.05) is 6.07 Å². The van der Waals surface area contributed by atoms with E-state index in [9.17, 15) is 13.6 Å². The van der Waals surface area contributed by atoms with Gasteiger partial charge in [-0.15, -0.1) is 0 Å². The van der Waals surface area contributed by atoms with Crippen LogP contribution in [0.3, 0.4) is 0 Å². The second-order valence-electron chi connectivity index (χ2n) is 3.87. The quantitative estimate of drug-likeness (QED) is 0.777. The maximum Gasteiger partial charge on any atom is 0.166 e. The fourth-order valence-electron chi connectivity index (χ4n) is 1.63. The van der Waals surface area contributed by atoms with E-state index in [0.717, 1.165) is 23.9 Å². The molecule has 0 aliphatic rings. The number of nitrogens with zero attached hydrogens (tertiary/aromatic N) is 1. The number of carbonyl (C=O) groups excluding carboxylic acids is 1. The van der Waals surface area contributed by atoms with Gasteiger partial charge in [-0.25, -0.2) is 8.78 Å². The third-order valence-electron chi connectivity index (χ3n) is 2.56. The zero-order chi connectivity index (χ0) is 13.0. The molecular weight excluding hydrogens is 236 g/mol. The smallest absolute Gasteiger partial charge is 0.166 e. The van der Waals surface area contributed by atoms with Gasteiger partial charge in [0.15, 0.2) is 5.78 Å². The molecule has 2 aromatic rings. The number of hydrogen-bond donors (Lipinski definition) is 0. The minimum atomic E-state index is -0.692. The van der Waals surface area contributed by atoms with Gasteiger partial charge < -0.3 is 0 Å². The molecule has 0 unspecified atom stereocenters. The van der Waals surface area contributed by atoms with Crippen molar-refractivity contribution >= 4 is 5.78 Å². The lowest BCUT2D eigenvalue weighted by atomic mass is 10.0. The highest BCUT2D eigenvalue weighted by molar-refractivity contribution is 5.96. The number of aryl methyl sites for hydroxylation is 1. The number of halogens is 2. The molecule has 0 saturated carbocycles. The molecule has 0 saturated heterocycles. The zero-order valence-electron chi connectivity index (χ0n) is 9.57. The van der Waals surface area contributed by atoms with E-state index in [2.05, 4.69) is 4.98 Å². The summed E-state index contributed by atoms with van der Waals surface area (Å²) in [5.74, 6) is -1.72. The molecule has 0 atom stereocenters. The van der Waals surface area contributed by atoms with Crippen LogP contribution >= 0.6 is 0 Å². The summed E-state index contributed by atoms with van der Waals surface area (Å²) in [6.07, 6.45) is 2.15. The number of benzene rings is 1. The van der Waals surface area contributed by atoms with Gasteiger partial charge in [-0.3, -0.25) is 9.78 Å². The first-order chi connectivity index (χ1) is 8.66. The zero-order valence-corrected chi connectivity index (χ0v) is 9.57. The Morgan fingerprint density at radius 3 is 2.72 bits per heavy atom. The molecular formula is C14H11F2NO.